The van der Waals surface area contributed by atoms with E-state index >= 15 is 0 Å². The van der Waals surface area contributed by atoms with Gasteiger partial charge in [-0.05, 0) is 15.4 Å². The number of H-pyrrole nitrogens is 1. The molecule has 3 atom stereocenters. The molecule has 242 valence electrons. The van der Waals surface area contributed by atoms with E-state index in [2.05, 4.69) is 66.8 Å². The Morgan fingerprint density at radius 2 is 1.76 bits per heavy atom. The number of benzene rings is 2. The molecule has 0 radical (unpaired) electrons. The first-order valence-corrected chi connectivity index (χ1v) is 16.5. The Bertz CT molecular complexity index is 1790. The lowest BCUT2D eigenvalue weighted by molar-refractivity contribution is -0.173. The molecule has 46 heavy (non-hydrogen) atoms. The molecule has 0 aliphatic carbocycles. The van der Waals surface area contributed by atoms with Crippen LogP contribution >= 0.6 is 0 Å². The number of nitrogens with one attached hydrogen (secondary N) is 2. The van der Waals surface area contributed by atoms with Gasteiger partial charge < -0.3 is 29.9 Å². The van der Waals surface area contributed by atoms with Gasteiger partial charge in [0.15, 0.2) is 5.65 Å². The number of anilines is 1. The van der Waals surface area contributed by atoms with Gasteiger partial charge in [0.25, 0.3) is 13.9 Å². The van der Waals surface area contributed by atoms with E-state index in [1.54, 1.807) is 5.32 Å². The zero-order valence-electron chi connectivity index (χ0n) is 25.4. The number of ether oxygens (including phenoxy) is 1. The van der Waals surface area contributed by atoms with Crippen molar-refractivity contribution in [3.63, 3.8) is 0 Å². The van der Waals surface area contributed by atoms with Gasteiger partial charge in [-0.15, -0.1) is 0 Å². The van der Waals surface area contributed by atoms with Crippen molar-refractivity contribution in [2.24, 2.45) is 0 Å². The van der Waals surface area contributed by atoms with Crippen LogP contribution in [0.2, 0.25) is 5.04 Å². The highest BCUT2D eigenvalue weighted by molar-refractivity contribution is 6.99. The number of alkyl halides is 3. The minimum Gasteiger partial charge on any atom is -0.405 e. The number of fused-ring (bicyclic) bond motifs is 1. The Morgan fingerprint density at radius 3 is 2.33 bits per heavy atom. The summed E-state index contributed by atoms with van der Waals surface area (Å²) in [5.74, 6) is 2.76. The minimum atomic E-state index is -5.05. The number of aromatic amines is 1. The van der Waals surface area contributed by atoms with E-state index in [1.165, 1.54) is 10.8 Å². The molecule has 4 aromatic rings. The largest absolute Gasteiger partial charge is 0.471 e. The average molecular weight is 654 g/mol. The predicted octanol–water partition coefficient (Wildman–Crippen LogP) is 2.56. The molecule has 5 rings (SSSR count). The number of amides is 1. The van der Waals surface area contributed by atoms with Crippen LogP contribution < -0.4 is 27.0 Å². The van der Waals surface area contributed by atoms with Crippen LogP contribution in [0.3, 0.4) is 0 Å². The molecule has 0 spiro atoms. The molecule has 1 fully saturated rings. The minimum absolute atomic E-state index is 0.0361. The van der Waals surface area contributed by atoms with Crippen molar-refractivity contribution >= 4 is 41.6 Å². The van der Waals surface area contributed by atoms with Gasteiger partial charge in [0.1, 0.15) is 12.3 Å². The summed E-state index contributed by atoms with van der Waals surface area (Å²) in [5.41, 5.74) is 5.46. The van der Waals surface area contributed by atoms with Crippen molar-refractivity contribution in [3.05, 3.63) is 82.8 Å². The Morgan fingerprint density at radius 1 is 1.15 bits per heavy atom. The fraction of sp³-hybridized carbons (Fsp3) is 0.344. The second-order valence-corrected chi connectivity index (χ2v) is 16.3. The molecule has 14 heteroatoms. The molecule has 1 saturated heterocycles. The highest BCUT2D eigenvalue weighted by Gasteiger charge is 2.51. The van der Waals surface area contributed by atoms with E-state index in [4.69, 9.17) is 14.9 Å². The van der Waals surface area contributed by atoms with Gasteiger partial charge in [-0.3, -0.25) is 14.6 Å². The van der Waals surface area contributed by atoms with Crippen molar-refractivity contribution in [2.45, 2.75) is 56.8 Å². The van der Waals surface area contributed by atoms with Crippen molar-refractivity contribution < 1.29 is 32.2 Å². The van der Waals surface area contributed by atoms with Crippen LogP contribution in [0.5, 0.6) is 0 Å². The fourth-order valence-corrected chi connectivity index (χ4v) is 10.4. The zero-order valence-corrected chi connectivity index (χ0v) is 26.4. The van der Waals surface area contributed by atoms with Gasteiger partial charge in [0.2, 0.25) is 5.95 Å². The Kier molecular flexibility index (Phi) is 9.14. The summed E-state index contributed by atoms with van der Waals surface area (Å²) in [6.45, 7) is 5.90. The number of aliphatic hydroxyl groups is 1. The fourth-order valence-electron chi connectivity index (χ4n) is 5.86. The number of hydrogen-bond acceptors (Lipinski definition) is 7. The molecule has 3 heterocycles. The maximum atomic E-state index is 12.8. The quantitative estimate of drug-likeness (QED) is 0.177. The molecule has 0 saturated carbocycles. The number of hydrogen-bond donors (Lipinski definition) is 4. The monoisotopic (exact) mass is 653 g/mol. The Labute approximate surface area is 263 Å². The third-order valence-corrected chi connectivity index (χ3v) is 12.9. The molecule has 3 unspecified atom stereocenters. The highest BCUT2D eigenvalue weighted by Crippen LogP contribution is 2.38. The van der Waals surface area contributed by atoms with Crippen molar-refractivity contribution in [1.29, 1.82) is 0 Å². The Hall–Kier alpha value is -4.42. The maximum Gasteiger partial charge on any atom is 0.471 e. The summed E-state index contributed by atoms with van der Waals surface area (Å²) < 4.78 is 52.4. The van der Waals surface area contributed by atoms with Gasteiger partial charge in [0, 0.05) is 12.6 Å². The van der Waals surface area contributed by atoms with Crippen LogP contribution in [-0.2, 0) is 14.0 Å². The van der Waals surface area contributed by atoms with Gasteiger partial charge in [-0.2, -0.15) is 18.2 Å². The summed E-state index contributed by atoms with van der Waals surface area (Å²) in [6, 6.07) is 20.1. The van der Waals surface area contributed by atoms with Crippen molar-refractivity contribution in [3.8, 4) is 11.8 Å². The number of rotatable bonds is 7. The summed E-state index contributed by atoms with van der Waals surface area (Å²) >= 11 is 0. The number of halogens is 3. The summed E-state index contributed by atoms with van der Waals surface area (Å²) in [7, 11) is -2.93. The summed E-state index contributed by atoms with van der Waals surface area (Å²) in [6.07, 6.45) is -5.93. The van der Waals surface area contributed by atoms with Crippen LogP contribution in [-0.4, -0.2) is 65.4 Å². The van der Waals surface area contributed by atoms with Gasteiger partial charge in [-0.1, -0.05) is 93.3 Å². The van der Waals surface area contributed by atoms with E-state index in [1.807, 2.05) is 36.4 Å². The number of nitrogens with zero attached hydrogens (tertiary/aromatic N) is 2. The maximum absolute atomic E-state index is 12.8. The normalized spacial score (nSPS) is 18.7. The standard InChI is InChI=1S/C32H34F3N5O5Si/c1-31(2,3)46(21-12-6-4-7-13-21,22-14-8-5-9-15-22)44-19-24-23(41)17-25(45-24)40-18-20(11-10-16-37-29(43)32(33,34)35)26-27(40)38-30(36)39-28(26)42/h4-9,12-15,18,23-25,41H,16-17,19H2,1-3H3,(H,37,43)(H3,36,38,39,42). The number of aromatic nitrogens is 3. The highest BCUT2D eigenvalue weighted by atomic mass is 28.4. The average Bonchev–Trinajstić information content (AvgIpc) is 3.55. The predicted molar refractivity (Wildman–Crippen MR) is 169 cm³/mol. The zero-order chi connectivity index (χ0) is 33.3. The molecule has 5 N–H and O–H groups in total. The molecular formula is C32H34F3N5O5Si. The van der Waals surface area contributed by atoms with Crippen LogP contribution in [0.15, 0.2) is 71.7 Å². The van der Waals surface area contributed by atoms with Crippen molar-refractivity contribution in [2.75, 3.05) is 18.9 Å². The third kappa shape index (κ3) is 6.45. The Balaban J connectivity index is 1.44. The molecule has 2 aromatic carbocycles. The smallest absolute Gasteiger partial charge is 0.405 e. The first-order valence-electron chi connectivity index (χ1n) is 14.5. The SMILES string of the molecule is CC(C)(C)[Si](OCC1OC(n2cc(C#CCNC(=O)C(F)(F)F)c3c(=O)[nH]c(N)nc32)CC1O)(c1ccccc1)c1ccccc1. The van der Waals surface area contributed by atoms with Crippen LogP contribution in [0.25, 0.3) is 11.0 Å². The second kappa shape index (κ2) is 12.8. The van der Waals surface area contributed by atoms with Gasteiger partial charge in [0.05, 0.1) is 30.2 Å². The molecular weight excluding hydrogens is 619 g/mol. The number of nitrogen functional groups attached to an aromatic ring is 1. The van der Waals surface area contributed by atoms with Gasteiger partial charge >= 0.3 is 12.1 Å². The lowest BCUT2D eigenvalue weighted by atomic mass is 10.2. The topological polar surface area (TPSA) is 144 Å². The first-order chi connectivity index (χ1) is 21.7. The summed E-state index contributed by atoms with van der Waals surface area (Å²) in [5, 5.41) is 14.7. The molecule has 1 aliphatic rings. The molecule has 1 amide bonds. The lowest BCUT2D eigenvalue weighted by Crippen LogP contribution is -2.67. The van der Waals surface area contributed by atoms with Crippen molar-refractivity contribution in [1.82, 2.24) is 19.9 Å². The van der Waals surface area contributed by atoms with Crippen LogP contribution in [0.4, 0.5) is 19.1 Å². The number of carbonyl (C=O) groups excluding carboxylic acids is 1. The van der Waals surface area contributed by atoms with Gasteiger partial charge in [-0.25, -0.2) is 0 Å². The number of nitrogens with two attached hydrogens (primary N) is 1. The van der Waals surface area contributed by atoms with E-state index < -0.39 is 50.9 Å². The van der Waals surface area contributed by atoms with E-state index in [0.717, 1.165) is 10.4 Å². The lowest BCUT2D eigenvalue weighted by Gasteiger charge is -2.43. The number of carbonyl (C=O) groups is 1. The summed E-state index contributed by atoms with van der Waals surface area (Å²) in [4.78, 5) is 30.6. The molecule has 10 nitrogen and oxygen atoms in total. The van der Waals surface area contributed by atoms with Crippen LogP contribution in [0.1, 0.15) is 39.0 Å². The van der Waals surface area contributed by atoms with E-state index in [-0.39, 0.29) is 40.6 Å². The third-order valence-electron chi connectivity index (χ3n) is 7.91. The van der Waals surface area contributed by atoms with Crippen LogP contribution in [0, 0.1) is 11.8 Å². The number of aliphatic hydroxyl groups excluding tert-OH is 1. The van der Waals surface area contributed by atoms with E-state index in [0.29, 0.717) is 0 Å². The second-order valence-electron chi connectivity index (χ2n) is 12.0. The first kappa shape index (κ1) is 33.0. The van der Waals surface area contributed by atoms with E-state index in [9.17, 15) is 27.9 Å². The molecule has 1 aliphatic heterocycles. The molecule has 2 aromatic heterocycles. The molecule has 0 bridgehead atoms.